The molecule has 1 unspecified atom stereocenters. The third-order valence-corrected chi connectivity index (χ3v) is 6.49. The zero-order chi connectivity index (χ0) is 29.8. The van der Waals surface area contributed by atoms with Crippen molar-refractivity contribution >= 4 is 47.1 Å². The number of ether oxygens (including phenoxy) is 6. The molecule has 42 heavy (non-hydrogen) atoms. The molecular formula is C29H30ClN3O9. The number of fused-ring (bicyclic) bond motifs is 1. The maximum absolute atomic E-state index is 14.2. The number of carbonyl (C=O) groups excluding carboxylic acids is 3. The summed E-state index contributed by atoms with van der Waals surface area (Å²) in [5, 5.41) is 0.0571. The van der Waals surface area contributed by atoms with Crippen molar-refractivity contribution in [3.63, 3.8) is 0 Å². The second kappa shape index (κ2) is 13.2. The predicted octanol–water partition coefficient (Wildman–Crippen LogP) is 0.924. The molecule has 0 saturated heterocycles. The lowest BCUT2D eigenvalue weighted by Crippen LogP contribution is -2.54. The Bertz CT molecular complexity index is 1630. The number of anilines is 2. The van der Waals surface area contributed by atoms with E-state index in [2.05, 4.69) is 0 Å². The van der Waals surface area contributed by atoms with Gasteiger partial charge >= 0.3 is 0 Å². The van der Waals surface area contributed by atoms with Crippen molar-refractivity contribution in [1.29, 1.82) is 0 Å². The lowest BCUT2D eigenvalue weighted by Gasteiger charge is -2.36. The summed E-state index contributed by atoms with van der Waals surface area (Å²) in [6.07, 6.45) is -1.06. The summed E-state index contributed by atoms with van der Waals surface area (Å²) in [7, 11) is 7.15. The molecule has 3 aromatic carbocycles. The van der Waals surface area contributed by atoms with E-state index in [-0.39, 0.29) is 39.9 Å². The minimum Gasteiger partial charge on any atom is -0.493 e. The van der Waals surface area contributed by atoms with E-state index in [9.17, 15) is 14.4 Å². The summed E-state index contributed by atoms with van der Waals surface area (Å²) in [5.74, 6) is 1.49. The van der Waals surface area contributed by atoms with Crippen LogP contribution < -0.4 is 50.5 Å². The molecule has 2 amide bonds. The Morgan fingerprint density at radius 3 is 1.98 bits per heavy atom. The number of nitrogens with two attached hydrogens (primary N) is 2. The molecule has 0 bridgehead atoms. The van der Waals surface area contributed by atoms with Crippen LogP contribution in [0.3, 0.4) is 0 Å². The fourth-order valence-corrected chi connectivity index (χ4v) is 4.77. The first-order valence-corrected chi connectivity index (χ1v) is 12.2. The first-order chi connectivity index (χ1) is 19.7. The van der Waals surface area contributed by atoms with E-state index in [1.807, 2.05) is 5.94 Å². The number of halogens is 1. The van der Waals surface area contributed by atoms with Crippen molar-refractivity contribution in [2.75, 3.05) is 52.8 Å². The molecule has 1 aliphatic heterocycles. The van der Waals surface area contributed by atoms with Crippen LogP contribution >= 0.6 is 12.4 Å². The third kappa shape index (κ3) is 5.51. The summed E-state index contributed by atoms with van der Waals surface area (Å²) < 4.78 is 33.6. The van der Waals surface area contributed by atoms with E-state index in [0.29, 0.717) is 39.8 Å². The highest BCUT2D eigenvalue weighted by Gasteiger charge is 2.38. The van der Waals surface area contributed by atoms with Crippen LogP contribution in [0.25, 0.3) is 5.57 Å². The van der Waals surface area contributed by atoms with Crippen molar-refractivity contribution in [3.05, 3.63) is 64.0 Å². The smallest absolute Gasteiger partial charge is 0.261 e. The summed E-state index contributed by atoms with van der Waals surface area (Å²) in [4.78, 5) is 39.6. The van der Waals surface area contributed by atoms with Gasteiger partial charge in [-0.25, -0.2) is 4.79 Å². The van der Waals surface area contributed by atoms with E-state index >= 15 is 0 Å². The van der Waals surface area contributed by atoms with Gasteiger partial charge in [0.05, 0.1) is 34.0 Å². The quantitative estimate of drug-likeness (QED) is 0.321. The minimum atomic E-state index is -1.06. The molecule has 4 rings (SSSR count). The van der Waals surface area contributed by atoms with Gasteiger partial charge in [0, 0.05) is 29.3 Å². The number of rotatable bonds is 10. The van der Waals surface area contributed by atoms with Gasteiger partial charge in [-0.1, -0.05) is 0 Å². The van der Waals surface area contributed by atoms with Gasteiger partial charge in [0.15, 0.2) is 35.8 Å². The van der Waals surface area contributed by atoms with Crippen molar-refractivity contribution in [3.8, 4) is 28.7 Å². The van der Waals surface area contributed by atoms with Crippen LogP contribution in [-0.2, 0) is 14.3 Å². The Hall–Kier alpha value is -4.90. The van der Waals surface area contributed by atoms with Crippen LogP contribution in [0.4, 0.5) is 11.4 Å². The molecule has 12 nitrogen and oxygen atoms in total. The molecule has 0 aliphatic carbocycles. The lowest BCUT2D eigenvalue weighted by atomic mass is 9.91. The zero-order valence-electron chi connectivity index (χ0n) is 23.5. The van der Waals surface area contributed by atoms with Gasteiger partial charge in [-0.3, -0.25) is 14.5 Å². The number of nitrogen functional groups attached to an aromatic ring is 1. The van der Waals surface area contributed by atoms with E-state index < -0.39 is 24.6 Å². The largest absolute Gasteiger partial charge is 0.493 e. The molecule has 1 atom stereocenters. The summed E-state index contributed by atoms with van der Waals surface area (Å²) in [5.41, 5.74) is 13.0. The lowest BCUT2D eigenvalue weighted by molar-refractivity contribution is -0.119. The van der Waals surface area contributed by atoms with Crippen LogP contribution in [0.2, 0.25) is 0 Å². The maximum Gasteiger partial charge on any atom is 0.261 e. The van der Waals surface area contributed by atoms with Crippen LogP contribution in [0.15, 0.2) is 42.5 Å². The maximum atomic E-state index is 14.2. The number of hydrogen-bond acceptors (Lipinski definition) is 10. The Morgan fingerprint density at radius 2 is 1.50 bits per heavy atom. The fraction of sp³-hybridized carbons (Fsp3) is 0.241. The number of hydrogen-bond donors (Lipinski definition) is 2. The van der Waals surface area contributed by atoms with Crippen molar-refractivity contribution in [2.24, 2.45) is 5.73 Å². The molecule has 1 aliphatic rings. The normalized spacial score (nSPS) is 13.8. The first kappa shape index (κ1) is 31.6. The van der Waals surface area contributed by atoms with Crippen LogP contribution in [-0.4, -0.2) is 66.1 Å². The van der Waals surface area contributed by atoms with Crippen LogP contribution in [0.1, 0.15) is 15.9 Å². The Labute approximate surface area is 247 Å². The molecule has 13 heteroatoms. The number of nitrogens with zero attached hydrogens (tertiary/aromatic N) is 1. The standard InChI is InChI=1S/C29H29N3O9.ClH/c1-36-20-10-15(11-21(37-2)27(20)39-4)24-25-18(12-22(41-14-23(31)34)26(38-3)19(25)13-33)28(35)32(29(24)40-5)17-8-6-16(30)7-9-17;/h6-12,29H,14,30H2,1-5H3,(H2,31,34);1H. The molecule has 0 aromatic heterocycles. The fourth-order valence-electron chi connectivity index (χ4n) is 4.77. The molecule has 0 spiro atoms. The van der Waals surface area contributed by atoms with Gasteiger partial charge in [-0.2, -0.15) is 0 Å². The van der Waals surface area contributed by atoms with Gasteiger partial charge in [-0.15, -0.1) is 12.4 Å². The highest BCUT2D eigenvalue weighted by atomic mass is 35.5. The van der Waals surface area contributed by atoms with E-state index in [0.717, 1.165) is 0 Å². The Morgan fingerprint density at radius 1 is 0.905 bits per heavy atom. The van der Waals surface area contributed by atoms with Crippen molar-refractivity contribution < 1.29 is 42.8 Å². The topological polar surface area (TPSA) is 162 Å². The van der Waals surface area contributed by atoms with Gasteiger partial charge in [0.25, 0.3) is 11.8 Å². The van der Waals surface area contributed by atoms with E-state index in [1.54, 1.807) is 36.4 Å². The second-order valence-corrected chi connectivity index (χ2v) is 8.75. The van der Waals surface area contributed by atoms with Gasteiger partial charge in [0.1, 0.15) is 11.2 Å². The van der Waals surface area contributed by atoms with Crippen LogP contribution in [0.5, 0.6) is 28.7 Å². The van der Waals surface area contributed by atoms with Gasteiger partial charge < -0.3 is 39.9 Å². The molecule has 0 fully saturated rings. The first-order valence-electron chi connectivity index (χ1n) is 12.2. The third-order valence-electron chi connectivity index (χ3n) is 6.49. The zero-order valence-corrected chi connectivity index (χ0v) is 24.3. The second-order valence-electron chi connectivity index (χ2n) is 8.75. The summed E-state index contributed by atoms with van der Waals surface area (Å²) in [6.45, 7) is -0.520. The molecule has 3 aromatic rings. The van der Waals surface area contributed by atoms with Gasteiger partial charge in [0.2, 0.25) is 5.75 Å². The molecule has 0 saturated carbocycles. The van der Waals surface area contributed by atoms with E-state index in [1.165, 1.54) is 46.5 Å². The number of carbonyl (C=O) groups is 2. The molecule has 1 heterocycles. The van der Waals surface area contributed by atoms with Crippen molar-refractivity contribution in [1.82, 2.24) is 0 Å². The van der Waals surface area contributed by atoms with E-state index in [4.69, 9.17) is 39.9 Å². The number of primary amides is 1. The monoisotopic (exact) mass is 599 g/mol. The summed E-state index contributed by atoms with van der Waals surface area (Å²) in [6, 6.07) is 11.3. The highest BCUT2D eigenvalue weighted by molar-refractivity contribution is 6.11. The number of methoxy groups -OCH3 is 5. The summed E-state index contributed by atoms with van der Waals surface area (Å²) >= 11 is 0. The van der Waals surface area contributed by atoms with Gasteiger partial charge in [-0.05, 0) is 48.0 Å². The highest BCUT2D eigenvalue weighted by Crippen LogP contribution is 2.42. The molecule has 4 N–H and O–H groups in total. The Balaban J connectivity index is 0.00000484. The average Bonchev–Trinajstić information content (AvgIpc) is 2.98. The molecular weight excluding hydrogens is 570 g/mol. The number of amides is 2. The van der Waals surface area contributed by atoms with Crippen molar-refractivity contribution in [2.45, 2.75) is 6.23 Å². The number of benzene rings is 3. The molecule has 0 radical (unpaired) electrons. The minimum absolute atomic E-state index is 0. The van der Waals surface area contributed by atoms with Crippen LogP contribution in [0, 0.1) is 0 Å². The average molecular weight is 600 g/mol. The SMILES string of the molecule is COc1cc(C2=c3c(cc(OCC(N)=O)c(OC)c3=C=O)C(=O)N(c3ccc(N)cc3)C2OC)cc(OC)c1OC.Cl. The predicted molar refractivity (Wildman–Crippen MR) is 156 cm³/mol. The molecule has 222 valence electrons. The Kier molecular flexibility index (Phi) is 9.92.